The van der Waals surface area contributed by atoms with Crippen molar-refractivity contribution < 1.29 is 9.21 Å². The molecule has 1 aromatic heterocycles. The highest BCUT2D eigenvalue weighted by molar-refractivity contribution is 5.82. The van der Waals surface area contributed by atoms with E-state index in [0.717, 1.165) is 17.4 Å². The molecule has 2 atom stereocenters. The fourth-order valence-electron chi connectivity index (χ4n) is 2.69. The summed E-state index contributed by atoms with van der Waals surface area (Å²) in [4.78, 5) is 13.6. The molecule has 1 heterocycles. The fraction of sp³-hybridized carbons (Fsp3) is 0.400. The maximum Gasteiger partial charge on any atom is 0.222 e. The van der Waals surface area contributed by atoms with Gasteiger partial charge in [-0.1, -0.05) is 25.1 Å². The van der Waals surface area contributed by atoms with E-state index in [0.29, 0.717) is 18.4 Å². The molecule has 1 saturated carbocycles. The van der Waals surface area contributed by atoms with Crippen LogP contribution in [-0.2, 0) is 4.79 Å². The van der Waals surface area contributed by atoms with Gasteiger partial charge in [-0.2, -0.15) is 0 Å². The van der Waals surface area contributed by atoms with Crippen molar-refractivity contribution in [3.63, 3.8) is 0 Å². The van der Waals surface area contributed by atoms with E-state index in [1.807, 2.05) is 24.9 Å². The van der Waals surface area contributed by atoms with Gasteiger partial charge >= 0.3 is 0 Å². The van der Waals surface area contributed by atoms with E-state index in [9.17, 15) is 4.79 Å². The minimum atomic E-state index is 0.217. The van der Waals surface area contributed by atoms with Crippen LogP contribution in [0.5, 0.6) is 0 Å². The first-order valence-corrected chi connectivity index (χ1v) is 6.44. The van der Waals surface area contributed by atoms with Gasteiger partial charge < -0.3 is 9.32 Å². The zero-order valence-corrected chi connectivity index (χ0v) is 10.7. The van der Waals surface area contributed by atoms with Crippen LogP contribution in [0.3, 0.4) is 0 Å². The first-order chi connectivity index (χ1) is 8.72. The van der Waals surface area contributed by atoms with E-state index >= 15 is 0 Å². The first-order valence-electron chi connectivity index (χ1n) is 6.44. The molecule has 1 aliphatic carbocycles. The van der Waals surface area contributed by atoms with E-state index in [4.69, 9.17) is 4.42 Å². The molecule has 3 rings (SSSR count). The number of likely N-dealkylation sites (N-methyl/N-ethyl adjacent to an activating group) is 1. The molecule has 1 aromatic carbocycles. The maximum absolute atomic E-state index is 11.7. The molecule has 1 amide bonds. The molecular formula is C15H17NO2. The number of carbonyl (C=O) groups is 1. The lowest BCUT2D eigenvalue weighted by Crippen LogP contribution is -2.28. The van der Waals surface area contributed by atoms with Gasteiger partial charge in [0.2, 0.25) is 5.91 Å². The number of furan rings is 1. The predicted molar refractivity (Wildman–Crippen MR) is 70.4 cm³/mol. The van der Waals surface area contributed by atoms with Crippen LogP contribution in [0.4, 0.5) is 0 Å². The van der Waals surface area contributed by atoms with Crippen molar-refractivity contribution in [2.75, 3.05) is 7.05 Å². The molecule has 0 saturated heterocycles. The summed E-state index contributed by atoms with van der Waals surface area (Å²) in [6.45, 7) is 1.91. The summed E-state index contributed by atoms with van der Waals surface area (Å²) in [6.07, 6.45) is 3.35. The first kappa shape index (κ1) is 11.3. The summed E-state index contributed by atoms with van der Waals surface area (Å²) in [7, 11) is 1.90. The molecule has 0 radical (unpaired) electrons. The van der Waals surface area contributed by atoms with Gasteiger partial charge in [-0.3, -0.25) is 4.79 Å². The normalized spacial score (nSPS) is 22.1. The highest BCUT2D eigenvalue weighted by Crippen LogP contribution is 2.46. The van der Waals surface area contributed by atoms with E-state index in [1.54, 1.807) is 6.26 Å². The number of rotatable bonds is 3. The lowest BCUT2D eigenvalue weighted by Gasteiger charge is -2.16. The molecule has 0 spiro atoms. The SMILES string of the molecule is CCC(=O)N(C)C1CC1c1cccc2ccoc12. The number of benzene rings is 1. The van der Waals surface area contributed by atoms with Gasteiger partial charge in [-0.15, -0.1) is 0 Å². The van der Waals surface area contributed by atoms with Crippen LogP contribution in [0.1, 0.15) is 31.2 Å². The third kappa shape index (κ3) is 1.70. The monoisotopic (exact) mass is 243 g/mol. The molecule has 3 nitrogen and oxygen atoms in total. The molecular weight excluding hydrogens is 226 g/mol. The summed E-state index contributed by atoms with van der Waals surface area (Å²) in [5.74, 6) is 0.648. The van der Waals surface area contributed by atoms with Gasteiger partial charge in [0.15, 0.2) is 0 Å². The molecule has 18 heavy (non-hydrogen) atoms. The molecule has 94 valence electrons. The topological polar surface area (TPSA) is 33.5 Å². The standard InChI is InChI=1S/C15H17NO2/c1-3-14(17)16(2)13-9-12(13)11-6-4-5-10-7-8-18-15(10)11/h4-8,12-13H,3,9H2,1-2H3. The number of amides is 1. The van der Waals surface area contributed by atoms with Gasteiger partial charge in [0.1, 0.15) is 5.58 Å². The molecule has 1 fully saturated rings. The summed E-state index contributed by atoms with van der Waals surface area (Å²) in [6, 6.07) is 8.55. The highest BCUT2D eigenvalue weighted by Gasteiger charge is 2.44. The Morgan fingerprint density at radius 2 is 2.28 bits per heavy atom. The molecule has 0 N–H and O–H groups in total. The Bertz CT molecular complexity index is 587. The molecule has 3 heteroatoms. The van der Waals surface area contributed by atoms with Crippen molar-refractivity contribution in [2.24, 2.45) is 0 Å². The summed E-state index contributed by atoms with van der Waals surface area (Å²) >= 11 is 0. The van der Waals surface area contributed by atoms with Crippen LogP contribution in [0.15, 0.2) is 34.9 Å². The van der Waals surface area contributed by atoms with Crippen molar-refractivity contribution in [3.05, 3.63) is 36.1 Å². The molecule has 0 aliphatic heterocycles. The number of fused-ring (bicyclic) bond motifs is 1. The lowest BCUT2D eigenvalue weighted by molar-refractivity contribution is -0.130. The average Bonchev–Trinajstić information content (AvgIpc) is 3.04. The van der Waals surface area contributed by atoms with Crippen molar-refractivity contribution in [2.45, 2.75) is 31.7 Å². The minimum Gasteiger partial charge on any atom is -0.464 e. The van der Waals surface area contributed by atoms with E-state index in [1.165, 1.54) is 5.56 Å². The predicted octanol–water partition coefficient (Wildman–Crippen LogP) is 3.16. The third-order valence-electron chi connectivity index (χ3n) is 3.86. The Kier molecular flexibility index (Phi) is 2.62. The van der Waals surface area contributed by atoms with E-state index in [-0.39, 0.29) is 5.91 Å². The zero-order chi connectivity index (χ0) is 12.7. The Labute approximate surface area is 106 Å². The van der Waals surface area contributed by atoms with Gasteiger partial charge in [-0.05, 0) is 12.5 Å². The number of hydrogen-bond donors (Lipinski definition) is 0. The Morgan fingerprint density at radius 1 is 1.44 bits per heavy atom. The van der Waals surface area contributed by atoms with Crippen LogP contribution in [-0.4, -0.2) is 23.9 Å². The molecule has 2 aromatic rings. The van der Waals surface area contributed by atoms with Crippen molar-refractivity contribution in [1.29, 1.82) is 0 Å². The van der Waals surface area contributed by atoms with Crippen LogP contribution in [0.2, 0.25) is 0 Å². The Balaban J connectivity index is 1.86. The Morgan fingerprint density at radius 3 is 3.06 bits per heavy atom. The van der Waals surface area contributed by atoms with Gasteiger partial charge in [0.05, 0.1) is 6.26 Å². The fourth-order valence-corrected chi connectivity index (χ4v) is 2.69. The largest absolute Gasteiger partial charge is 0.464 e. The second-order valence-corrected chi connectivity index (χ2v) is 4.95. The van der Waals surface area contributed by atoms with Crippen LogP contribution >= 0.6 is 0 Å². The number of hydrogen-bond acceptors (Lipinski definition) is 2. The lowest BCUT2D eigenvalue weighted by atomic mass is 10.1. The second-order valence-electron chi connectivity index (χ2n) is 4.95. The number of carbonyl (C=O) groups excluding carboxylic acids is 1. The third-order valence-corrected chi connectivity index (χ3v) is 3.86. The summed E-state index contributed by atoms with van der Waals surface area (Å²) in [5.41, 5.74) is 2.21. The summed E-state index contributed by atoms with van der Waals surface area (Å²) < 4.78 is 5.56. The van der Waals surface area contributed by atoms with E-state index in [2.05, 4.69) is 18.2 Å². The van der Waals surface area contributed by atoms with Crippen LogP contribution in [0.25, 0.3) is 11.0 Å². The molecule has 2 unspecified atom stereocenters. The minimum absolute atomic E-state index is 0.217. The van der Waals surface area contributed by atoms with Crippen LogP contribution < -0.4 is 0 Å². The number of para-hydroxylation sites is 1. The maximum atomic E-state index is 11.7. The van der Waals surface area contributed by atoms with Crippen molar-refractivity contribution in [1.82, 2.24) is 4.90 Å². The highest BCUT2D eigenvalue weighted by atomic mass is 16.3. The molecule has 1 aliphatic rings. The van der Waals surface area contributed by atoms with Gasteiger partial charge in [0, 0.05) is 36.4 Å². The Hall–Kier alpha value is -1.77. The van der Waals surface area contributed by atoms with Gasteiger partial charge in [-0.25, -0.2) is 0 Å². The van der Waals surface area contributed by atoms with Crippen LogP contribution in [0, 0.1) is 0 Å². The van der Waals surface area contributed by atoms with Gasteiger partial charge in [0.25, 0.3) is 0 Å². The second kappa shape index (κ2) is 4.16. The van der Waals surface area contributed by atoms with Crippen molar-refractivity contribution in [3.8, 4) is 0 Å². The average molecular weight is 243 g/mol. The smallest absolute Gasteiger partial charge is 0.222 e. The zero-order valence-electron chi connectivity index (χ0n) is 10.7. The number of nitrogens with zero attached hydrogens (tertiary/aromatic N) is 1. The van der Waals surface area contributed by atoms with Crippen molar-refractivity contribution >= 4 is 16.9 Å². The molecule has 0 bridgehead atoms. The quantitative estimate of drug-likeness (QED) is 0.829. The van der Waals surface area contributed by atoms with E-state index < -0.39 is 0 Å². The summed E-state index contributed by atoms with van der Waals surface area (Å²) in [5, 5.41) is 1.14.